The van der Waals surface area contributed by atoms with Crippen molar-refractivity contribution in [3.63, 3.8) is 0 Å². The van der Waals surface area contributed by atoms with Crippen LogP contribution >= 0.6 is 0 Å². The molecule has 2 aromatic heterocycles. The lowest BCUT2D eigenvalue weighted by atomic mass is 10.2. The van der Waals surface area contributed by atoms with Gasteiger partial charge in [0.2, 0.25) is 0 Å². The van der Waals surface area contributed by atoms with Crippen LogP contribution in [0.2, 0.25) is 0 Å². The van der Waals surface area contributed by atoms with Crippen molar-refractivity contribution in [3.8, 4) is 5.75 Å². The second kappa shape index (κ2) is 3.65. The molecule has 0 aliphatic rings. The zero-order valence-electron chi connectivity index (χ0n) is 8.30. The average Bonchev–Trinajstić information content (AvgIpc) is 2.54. The number of pyridine rings is 1. The van der Waals surface area contributed by atoms with Crippen molar-refractivity contribution in [1.82, 2.24) is 4.40 Å². The Morgan fingerprint density at radius 3 is 3.07 bits per heavy atom. The third-order valence-electron chi connectivity index (χ3n) is 2.14. The number of ether oxygens (including phenoxy) is 1. The summed E-state index contributed by atoms with van der Waals surface area (Å²) in [5.41, 5.74) is 0.867. The molecule has 2 aromatic rings. The van der Waals surface area contributed by atoms with Gasteiger partial charge in [0, 0.05) is 6.20 Å². The van der Waals surface area contributed by atoms with Gasteiger partial charge in [0.15, 0.2) is 0 Å². The van der Waals surface area contributed by atoms with Crippen LogP contribution in [0.3, 0.4) is 0 Å². The number of nitrogens with zero attached hydrogens (tertiary/aromatic N) is 1. The zero-order valence-corrected chi connectivity index (χ0v) is 8.30. The lowest BCUT2D eigenvalue weighted by Crippen LogP contribution is -2.04. The van der Waals surface area contributed by atoms with Gasteiger partial charge in [0.1, 0.15) is 11.3 Å². The fourth-order valence-corrected chi connectivity index (χ4v) is 1.52. The van der Waals surface area contributed by atoms with Crippen LogP contribution in [0.15, 0.2) is 30.6 Å². The van der Waals surface area contributed by atoms with Gasteiger partial charge in [-0.3, -0.25) is 0 Å². The molecule has 0 bridgehead atoms. The Morgan fingerprint density at radius 1 is 1.53 bits per heavy atom. The third kappa shape index (κ3) is 1.54. The Hall–Kier alpha value is -1.97. The van der Waals surface area contributed by atoms with Crippen LogP contribution in [-0.4, -0.2) is 22.1 Å². The molecule has 4 nitrogen and oxygen atoms in total. The third-order valence-corrected chi connectivity index (χ3v) is 2.14. The first kappa shape index (κ1) is 9.58. The van der Waals surface area contributed by atoms with Crippen LogP contribution in [0.4, 0.5) is 0 Å². The molecule has 0 saturated heterocycles. The van der Waals surface area contributed by atoms with E-state index in [0.717, 1.165) is 0 Å². The first-order valence-corrected chi connectivity index (χ1v) is 4.69. The molecular formula is C11H11NO3. The summed E-state index contributed by atoms with van der Waals surface area (Å²) in [6, 6.07) is 5.38. The number of carbonyl (C=O) groups is 1. The standard InChI is InChI=1S/C11H11NO3/c1-2-15-11(14)10-8-5-3-4-6-12(8)7-9(10)13/h3-7,13H,2H2,1H3. The molecule has 2 rings (SSSR count). The molecule has 0 amide bonds. The minimum Gasteiger partial charge on any atom is -0.505 e. The second-order valence-corrected chi connectivity index (χ2v) is 3.10. The molecule has 0 aromatic carbocycles. The predicted octanol–water partition coefficient (Wildman–Crippen LogP) is 1.82. The van der Waals surface area contributed by atoms with Gasteiger partial charge in [0.05, 0.1) is 18.3 Å². The number of hydrogen-bond acceptors (Lipinski definition) is 3. The van der Waals surface area contributed by atoms with Crippen molar-refractivity contribution in [2.45, 2.75) is 6.92 Å². The van der Waals surface area contributed by atoms with Gasteiger partial charge in [-0.1, -0.05) is 6.07 Å². The summed E-state index contributed by atoms with van der Waals surface area (Å²) in [5, 5.41) is 9.61. The van der Waals surface area contributed by atoms with Gasteiger partial charge in [-0.25, -0.2) is 4.79 Å². The first-order chi connectivity index (χ1) is 7.24. The lowest BCUT2D eigenvalue weighted by Gasteiger charge is -2.00. The molecule has 4 heteroatoms. The van der Waals surface area contributed by atoms with Crippen molar-refractivity contribution in [2.75, 3.05) is 6.61 Å². The van der Waals surface area contributed by atoms with E-state index < -0.39 is 5.97 Å². The smallest absolute Gasteiger partial charge is 0.344 e. The van der Waals surface area contributed by atoms with E-state index in [2.05, 4.69) is 0 Å². The Bertz CT molecular complexity index is 502. The number of carbonyl (C=O) groups excluding carboxylic acids is 1. The topological polar surface area (TPSA) is 50.9 Å². The average molecular weight is 205 g/mol. The van der Waals surface area contributed by atoms with E-state index in [1.807, 2.05) is 6.07 Å². The number of hydrogen-bond donors (Lipinski definition) is 1. The van der Waals surface area contributed by atoms with Gasteiger partial charge in [0.25, 0.3) is 0 Å². The molecule has 0 spiro atoms. The number of rotatable bonds is 2. The van der Waals surface area contributed by atoms with Crippen LogP contribution < -0.4 is 0 Å². The summed E-state index contributed by atoms with van der Waals surface area (Å²) in [6.07, 6.45) is 3.25. The number of esters is 1. The van der Waals surface area contributed by atoms with Gasteiger partial charge >= 0.3 is 5.97 Å². The second-order valence-electron chi connectivity index (χ2n) is 3.10. The number of fused-ring (bicyclic) bond motifs is 1. The Morgan fingerprint density at radius 2 is 2.33 bits per heavy atom. The van der Waals surface area contributed by atoms with E-state index in [1.165, 1.54) is 6.20 Å². The van der Waals surface area contributed by atoms with E-state index in [4.69, 9.17) is 4.74 Å². The summed E-state index contributed by atoms with van der Waals surface area (Å²) < 4.78 is 6.55. The van der Waals surface area contributed by atoms with Crippen molar-refractivity contribution in [1.29, 1.82) is 0 Å². The fraction of sp³-hybridized carbons (Fsp3) is 0.182. The van der Waals surface area contributed by atoms with E-state index in [-0.39, 0.29) is 11.3 Å². The minimum atomic E-state index is -0.497. The maximum absolute atomic E-state index is 11.5. The van der Waals surface area contributed by atoms with Crippen LogP contribution in [0.25, 0.3) is 5.52 Å². The highest BCUT2D eigenvalue weighted by molar-refractivity contribution is 6.00. The molecule has 0 aliphatic carbocycles. The summed E-state index contributed by atoms with van der Waals surface area (Å²) in [6.45, 7) is 2.02. The van der Waals surface area contributed by atoms with Crippen molar-refractivity contribution in [2.24, 2.45) is 0 Å². The molecule has 15 heavy (non-hydrogen) atoms. The summed E-state index contributed by atoms with van der Waals surface area (Å²) in [7, 11) is 0. The van der Waals surface area contributed by atoms with Crippen LogP contribution in [0.5, 0.6) is 5.75 Å². The van der Waals surface area contributed by atoms with Crippen molar-refractivity contribution < 1.29 is 14.6 Å². The van der Waals surface area contributed by atoms with Gasteiger partial charge in [-0.05, 0) is 19.1 Å². The van der Waals surface area contributed by atoms with Crippen molar-refractivity contribution >= 4 is 11.5 Å². The van der Waals surface area contributed by atoms with Gasteiger partial charge in [-0.2, -0.15) is 0 Å². The van der Waals surface area contributed by atoms with Crippen LogP contribution in [-0.2, 0) is 4.74 Å². The molecule has 2 heterocycles. The van der Waals surface area contributed by atoms with Crippen LogP contribution in [0.1, 0.15) is 17.3 Å². The summed E-state index contributed by atoms with van der Waals surface area (Å²) in [5.74, 6) is -0.552. The van der Waals surface area contributed by atoms with Gasteiger partial charge in [-0.15, -0.1) is 0 Å². The van der Waals surface area contributed by atoms with Crippen molar-refractivity contribution in [3.05, 3.63) is 36.2 Å². The number of aromatic hydroxyl groups is 1. The van der Waals surface area contributed by atoms with E-state index in [0.29, 0.717) is 12.1 Å². The van der Waals surface area contributed by atoms with E-state index in [9.17, 15) is 9.90 Å². The van der Waals surface area contributed by atoms with E-state index >= 15 is 0 Å². The maximum Gasteiger partial charge on any atom is 0.344 e. The highest BCUT2D eigenvalue weighted by Crippen LogP contribution is 2.24. The number of aromatic nitrogens is 1. The quantitative estimate of drug-likeness (QED) is 0.761. The lowest BCUT2D eigenvalue weighted by molar-refractivity contribution is 0.0526. The van der Waals surface area contributed by atoms with Crippen LogP contribution in [0, 0.1) is 0 Å². The Kier molecular flexibility index (Phi) is 2.33. The predicted molar refractivity (Wildman–Crippen MR) is 55.0 cm³/mol. The van der Waals surface area contributed by atoms with Gasteiger partial charge < -0.3 is 14.2 Å². The highest BCUT2D eigenvalue weighted by Gasteiger charge is 2.17. The highest BCUT2D eigenvalue weighted by atomic mass is 16.5. The Labute approximate surface area is 86.7 Å². The summed E-state index contributed by atoms with van der Waals surface area (Å²) in [4.78, 5) is 11.5. The Balaban J connectivity index is 2.58. The zero-order chi connectivity index (χ0) is 10.8. The molecule has 0 atom stereocenters. The fourth-order valence-electron chi connectivity index (χ4n) is 1.52. The molecule has 78 valence electrons. The van der Waals surface area contributed by atoms with E-state index in [1.54, 1.807) is 29.7 Å². The molecule has 0 fully saturated rings. The molecule has 0 aliphatic heterocycles. The molecular weight excluding hydrogens is 194 g/mol. The SMILES string of the molecule is CCOC(=O)c1c(O)cn2ccccc12. The minimum absolute atomic E-state index is 0.0559. The maximum atomic E-state index is 11.5. The monoisotopic (exact) mass is 205 g/mol. The first-order valence-electron chi connectivity index (χ1n) is 4.69. The molecule has 0 unspecified atom stereocenters. The molecule has 1 N–H and O–H groups in total. The largest absolute Gasteiger partial charge is 0.505 e. The normalized spacial score (nSPS) is 10.5. The molecule has 0 radical (unpaired) electrons. The molecule has 0 saturated carbocycles. The summed E-state index contributed by atoms with van der Waals surface area (Å²) >= 11 is 0.